The molecule has 1 atom stereocenters. The minimum absolute atomic E-state index is 0.0791. The Bertz CT molecular complexity index is 716. The number of anilines is 1. The molecule has 0 amide bonds. The van der Waals surface area contributed by atoms with E-state index in [9.17, 15) is 14.9 Å². The van der Waals surface area contributed by atoms with Crippen molar-refractivity contribution in [2.24, 2.45) is 0 Å². The number of benzene rings is 1. The topological polar surface area (TPSA) is 104 Å². The van der Waals surface area contributed by atoms with Gasteiger partial charge in [0.05, 0.1) is 23.6 Å². The average molecular weight is 345 g/mol. The normalized spacial score (nSPS) is 11.4. The first kappa shape index (κ1) is 18.2. The fraction of sp³-hybridized carbons (Fsp3) is 0.294. The zero-order valence-electron chi connectivity index (χ0n) is 14.0. The van der Waals surface area contributed by atoms with Crippen molar-refractivity contribution >= 4 is 17.5 Å². The van der Waals surface area contributed by atoms with Crippen molar-refractivity contribution in [1.82, 2.24) is 4.98 Å². The molecule has 1 heterocycles. The average Bonchev–Trinajstić information content (AvgIpc) is 2.65. The molecular formula is C17H19N3O5. The quantitative estimate of drug-likeness (QED) is 0.445. The summed E-state index contributed by atoms with van der Waals surface area (Å²) in [5.41, 5.74) is 0.355. The summed E-state index contributed by atoms with van der Waals surface area (Å²) in [6.07, 6.45) is 1.87. The Labute approximate surface area is 144 Å². The molecule has 0 spiro atoms. The summed E-state index contributed by atoms with van der Waals surface area (Å²) in [4.78, 5) is 26.2. The second-order valence-electron chi connectivity index (χ2n) is 5.24. The first-order valence-corrected chi connectivity index (χ1v) is 7.71. The van der Waals surface area contributed by atoms with Crippen LogP contribution in [0.5, 0.6) is 5.75 Å². The lowest BCUT2D eigenvalue weighted by molar-refractivity contribution is -0.385. The van der Waals surface area contributed by atoms with Crippen LogP contribution in [0.2, 0.25) is 0 Å². The summed E-state index contributed by atoms with van der Waals surface area (Å²) in [5, 5.41) is 13.7. The minimum Gasteiger partial charge on any atom is -0.497 e. The third-order valence-electron chi connectivity index (χ3n) is 3.54. The van der Waals surface area contributed by atoms with Gasteiger partial charge in [0.2, 0.25) is 0 Å². The number of ether oxygens (including phenoxy) is 2. The monoisotopic (exact) mass is 345 g/mol. The molecular weight excluding hydrogens is 326 g/mol. The number of hydrogen-bond acceptors (Lipinski definition) is 7. The van der Waals surface area contributed by atoms with E-state index in [4.69, 9.17) is 9.47 Å². The number of carbonyl (C=O) groups excluding carboxylic acids is 1. The number of pyridine rings is 1. The summed E-state index contributed by atoms with van der Waals surface area (Å²) >= 11 is 0. The SMILES string of the molecule is CCC(COC(=O)c1ccc(OC)cc1)Nc1ccc([N+](=O)[O-])cn1. The van der Waals surface area contributed by atoms with Gasteiger partial charge in [-0.1, -0.05) is 6.92 Å². The van der Waals surface area contributed by atoms with Crippen molar-refractivity contribution in [1.29, 1.82) is 0 Å². The molecule has 8 heteroatoms. The second-order valence-corrected chi connectivity index (χ2v) is 5.24. The van der Waals surface area contributed by atoms with E-state index < -0.39 is 10.9 Å². The Morgan fingerprint density at radius 3 is 2.52 bits per heavy atom. The van der Waals surface area contributed by atoms with Gasteiger partial charge in [0, 0.05) is 6.07 Å². The molecule has 0 saturated carbocycles. The predicted octanol–water partition coefficient (Wildman–Crippen LogP) is 3.05. The van der Waals surface area contributed by atoms with Crippen LogP contribution in [0.25, 0.3) is 0 Å². The minimum atomic E-state index is -0.509. The highest BCUT2D eigenvalue weighted by Crippen LogP contribution is 2.15. The first-order valence-electron chi connectivity index (χ1n) is 7.71. The van der Waals surface area contributed by atoms with E-state index in [1.165, 1.54) is 18.3 Å². The fourth-order valence-electron chi connectivity index (χ4n) is 2.04. The fourth-order valence-corrected chi connectivity index (χ4v) is 2.04. The largest absolute Gasteiger partial charge is 0.497 e. The van der Waals surface area contributed by atoms with E-state index in [2.05, 4.69) is 10.3 Å². The molecule has 1 aromatic heterocycles. The smallest absolute Gasteiger partial charge is 0.338 e. The van der Waals surface area contributed by atoms with Crippen LogP contribution in [0.3, 0.4) is 0 Å². The van der Waals surface area contributed by atoms with Crippen LogP contribution in [0, 0.1) is 10.1 Å². The number of rotatable bonds is 8. The van der Waals surface area contributed by atoms with Gasteiger partial charge in [0.1, 0.15) is 24.4 Å². The Kier molecular flexibility index (Phi) is 6.27. The predicted molar refractivity (Wildman–Crippen MR) is 91.9 cm³/mol. The van der Waals surface area contributed by atoms with Crippen LogP contribution < -0.4 is 10.1 Å². The second kappa shape index (κ2) is 8.62. The summed E-state index contributed by atoms with van der Waals surface area (Å²) in [7, 11) is 1.55. The van der Waals surface area contributed by atoms with Gasteiger partial charge in [-0.3, -0.25) is 10.1 Å². The Morgan fingerprint density at radius 1 is 1.28 bits per heavy atom. The molecule has 0 fully saturated rings. The lowest BCUT2D eigenvalue weighted by Crippen LogP contribution is -2.26. The van der Waals surface area contributed by atoms with Crippen LogP contribution in [0.15, 0.2) is 42.6 Å². The number of esters is 1. The van der Waals surface area contributed by atoms with Crippen molar-refractivity contribution in [2.75, 3.05) is 19.0 Å². The van der Waals surface area contributed by atoms with Crippen molar-refractivity contribution in [3.8, 4) is 5.75 Å². The van der Waals surface area contributed by atoms with E-state index in [1.807, 2.05) is 6.92 Å². The lowest BCUT2D eigenvalue weighted by Gasteiger charge is -2.17. The molecule has 0 saturated heterocycles. The highest BCUT2D eigenvalue weighted by molar-refractivity contribution is 5.89. The van der Waals surface area contributed by atoms with Gasteiger partial charge in [0.25, 0.3) is 5.69 Å². The number of hydrogen-bond donors (Lipinski definition) is 1. The molecule has 1 unspecified atom stereocenters. The van der Waals surface area contributed by atoms with E-state index >= 15 is 0 Å². The molecule has 8 nitrogen and oxygen atoms in total. The zero-order valence-corrected chi connectivity index (χ0v) is 14.0. The van der Waals surface area contributed by atoms with E-state index in [-0.39, 0.29) is 18.3 Å². The van der Waals surface area contributed by atoms with Crippen LogP contribution in [0.1, 0.15) is 23.7 Å². The van der Waals surface area contributed by atoms with Crippen molar-refractivity contribution in [3.05, 3.63) is 58.3 Å². The Balaban J connectivity index is 1.90. The Hall–Kier alpha value is -3.16. The van der Waals surface area contributed by atoms with Gasteiger partial charge in [-0.25, -0.2) is 9.78 Å². The molecule has 1 aromatic carbocycles. The molecule has 0 bridgehead atoms. The lowest BCUT2D eigenvalue weighted by atomic mass is 10.2. The van der Waals surface area contributed by atoms with E-state index in [0.29, 0.717) is 23.6 Å². The molecule has 2 aromatic rings. The van der Waals surface area contributed by atoms with Gasteiger partial charge in [-0.2, -0.15) is 0 Å². The molecule has 0 aliphatic rings. The Morgan fingerprint density at radius 2 is 2.00 bits per heavy atom. The van der Waals surface area contributed by atoms with E-state index in [0.717, 1.165) is 0 Å². The maximum atomic E-state index is 12.1. The van der Waals surface area contributed by atoms with Gasteiger partial charge in [0.15, 0.2) is 0 Å². The zero-order chi connectivity index (χ0) is 18.2. The summed E-state index contributed by atoms with van der Waals surface area (Å²) in [6.45, 7) is 2.09. The standard InChI is InChI=1S/C17H19N3O5/c1-3-13(19-16-9-6-14(10-18-16)20(22)23)11-25-17(21)12-4-7-15(24-2)8-5-12/h4-10,13H,3,11H2,1-2H3,(H,18,19). The van der Waals surface area contributed by atoms with Gasteiger partial charge in [-0.05, 0) is 36.8 Å². The number of nitrogens with zero attached hydrogens (tertiary/aromatic N) is 2. The van der Waals surface area contributed by atoms with Crippen molar-refractivity contribution in [3.63, 3.8) is 0 Å². The number of methoxy groups -OCH3 is 1. The molecule has 2 rings (SSSR count). The van der Waals surface area contributed by atoms with Gasteiger partial charge in [-0.15, -0.1) is 0 Å². The van der Waals surface area contributed by atoms with Crippen LogP contribution in [-0.2, 0) is 4.74 Å². The molecule has 0 aliphatic carbocycles. The van der Waals surface area contributed by atoms with Crippen molar-refractivity contribution in [2.45, 2.75) is 19.4 Å². The third kappa shape index (κ3) is 5.17. The maximum Gasteiger partial charge on any atom is 0.338 e. The van der Waals surface area contributed by atoms with Gasteiger partial charge < -0.3 is 14.8 Å². The molecule has 0 aliphatic heterocycles. The van der Waals surface area contributed by atoms with Crippen molar-refractivity contribution < 1.29 is 19.2 Å². The summed E-state index contributed by atoms with van der Waals surface area (Å²) < 4.78 is 10.4. The maximum absolute atomic E-state index is 12.1. The molecule has 132 valence electrons. The first-order chi connectivity index (χ1) is 12.0. The van der Waals surface area contributed by atoms with Crippen LogP contribution in [-0.4, -0.2) is 35.6 Å². The number of aromatic nitrogens is 1. The highest BCUT2D eigenvalue weighted by Gasteiger charge is 2.13. The molecule has 25 heavy (non-hydrogen) atoms. The number of carbonyl (C=O) groups is 1. The van der Waals surface area contributed by atoms with Crippen LogP contribution in [0.4, 0.5) is 11.5 Å². The van der Waals surface area contributed by atoms with E-state index in [1.54, 1.807) is 31.4 Å². The molecule has 1 N–H and O–H groups in total. The summed E-state index contributed by atoms with van der Waals surface area (Å²) in [6, 6.07) is 9.37. The summed E-state index contributed by atoms with van der Waals surface area (Å²) in [5.74, 6) is 0.714. The number of nitrogens with one attached hydrogen (secondary N) is 1. The van der Waals surface area contributed by atoms with Gasteiger partial charge >= 0.3 is 5.97 Å². The van der Waals surface area contributed by atoms with Crippen LogP contribution >= 0.6 is 0 Å². The third-order valence-corrected chi connectivity index (χ3v) is 3.54. The highest BCUT2D eigenvalue weighted by atomic mass is 16.6. The number of nitro groups is 1. The molecule has 0 radical (unpaired) electrons.